The summed E-state index contributed by atoms with van der Waals surface area (Å²) in [4.78, 5) is 7.91. The van der Waals surface area contributed by atoms with Crippen LogP contribution in [0.1, 0.15) is 0 Å². The molecule has 3 heteroatoms. The molecule has 0 saturated heterocycles. The predicted octanol–water partition coefficient (Wildman–Crippen LogP) is 2.28. The van der Waals surface area contributed by atoms with Crippen molar-refractivity contribution in [3.63, 3.8) is 0 Å². The summed E-state index contributed by atoms with van der Waals surface area (Å²) in [5.74, 6) is -0.276. The summed E-state index contributed by atoms with van der Waals surface area (Å²) < 4.78 is 12.8. The van der Waals surface area contributed by atoms with E-state index in [-0.39, 0.29) is 5.82 Å². The van der Waals surface area contributed by atoms with Crippen LogP contribution in [0.25, 0.3) is 11.3 Å². The van der Waals surface area contributed by atoms with Gasteiger partial charge in [-0.3, -0.25) is 9.97 Å². The highest BCUT2D eigenvalue weighted by atomic mass is 19.1. The van der Waals surface area contributed by atoms with Gasteiger partial charge in [0.25, 0.3) is 0 Å². The first kappa shape index (κ1) is 7.86. The second-order valence-electron chi connectivity index (χ2n) is 2.60. The van der Waals surface area contributed by atoms with Gasteiger partial charge in [-0.05, 0) is 18.2 Å². The monoisotopic (exact) mass is 174 g/mol. The van der Waals surface area contributed by atoms with Gasteiger partial charge in [-0.15, -0.1) is 0 Å². The summed E-state index contributed by atoms with van der Waals surface area (Å²) in [6, 6.07) is 6.31. The van der Waals surface area contributed by atoms with E-state index in [1.54, 1.807) is 24.5 Å². The summed E-state index contributed by atoms with van der Waals surface area (Å²) in [5.41, 5.74) is 1.50. The Morgan fingerprint density at radius 3 is 2.46 bits per heavy atom. The van der Waals surface area contributed by atoms with Crippen molar-refractivity contribution >= 4 is 0 Å². The normalized spacial score (nSPS) is 9.92. The van der Waals surface area contributed by atoms with Crippen molar-refractivity contribution in [2.24, 2.45) is 0 Å². The van der Waals surface area contributed by atoms with Crippen LogP contribution in [0.4, 0.5) is 4.39 Å². The quantitative estimate of drug-likeness (QED) is 0.662. The van der Waals surface area contributed by atoms with Crippen molar-refractivity contribution < 1.29 is 4.39 Å². The minimum Gasteiger partial charge on any atom is -0.265 e. The molecule has 0 amide bonds. The molecule has 0 spiro atoms. The first-order chi connectivity index (χ1) is 6.36. The zero-order valence-corrected chi connectivity index (χ0v) is 6.81. The fraction of sp³-hybridized carbons (Fsp3) is 0. The summed E-state index contributed by atoms with van der Waals surface area (Å²) in [7, 11) is 0. The molecule has 0 saturated carbocycles. The molecule has 0 aromatic carbocycles. The number of nitrogens with zero attached hydrogens (tertiary/aromatic N) is 2. The molecule has 0 N–H and O–H groups in total. The maximum atomic E-state index is 12.8. The van der Waals surface area contributed by atoms with E-state index >= 15 is 0 Å². The number of pyridine rings is 2. The Balaban J connectivity index is 2.48. The molecular weight excluding hydrogens is 167 g/mol. The highest BCUT2D eigenvalue weighted by Crippen LogP contribution is 2.15. The second kappa shape index (κ2) is 3.31. The molecule has 0 radical (unpaired) electrons. The highest BCUT2D eigenvalue weighted by Gasteiger charge is 1.98. The van der Waals surface area contributed by atoms with Crippen molar-refractivity contribution in [1.29, 1.82) is 0 Å². The van der Waals surface area contributed by atoms with E-state index in [9.17, 15) is 4.39 Å². The van der Waals surface area contributed by atoms with E-state index in [4.69, 9.17) is 0 Å². The number of hydrogen-bond acceptors (Lipinski definition) is 2. The molecule has 0 unspecified atom stereocenters. The van der Waals surface area contributed by atoms with Crippen LogP contribution in [0, 0.1) is 5.82 Å². The smallest absolute Gasteiger partial charge is 0.126 e. The van der Waals surface area contributed by atoms with Crippen LogP contribution in [-0.4, -0.2) is 9.97 Å². The third-order valence-corrected chi connectivity index (χ3v) is 1.70. The molecule has 2 nitrogen and oxygen atoms in total. The van der Waals surface area contributed by atoms with Crippen molar-refractivity contribution in [3.8, 4) is 11.3 Å². The highest BCUT2D eigenvalue weighted by molar-refractivity contribution is 5.57. The molecule has 2 rings (SSSR count). The predicted molar refractivity (Wildman–Crippen MR) is 47.4 cm³/mol. The van der Waals surface area contributed by atoms with Crippen molar-refractivity contribution in [3.05, 3.63) is 48.7 Å². The standard InChI is InChI=1S/C10H7FN2/c11-9-3-6-13-10(7-9)8-1-4-12-5-2-8/h1-7H. The lowest BCUT2D eigenvalue weighted by Crippen LogP contribution is -1.84. The summed E-state index contributed by atoms with van der Waals surface area (Å²) in [5, 5.41) is 0. The van der Waals surface area contributed by atoms with Crippen LogP contribution in [-0.2, 0) is 0 Å². The summed E-state index contributed by atoms with van der Waals surface area (Å²) in [6.45, 7) is 0. The van der Waals surface area contributed by atoms with Gasteiger partial charge in [0.2, 0.25) is 0 Å². The summed E-state index contributed by atoms with van der Waals surface area (Å²) in [6.07, 6.45) is 4.76. The third-order valence-electron chi connectivity index (χ3n) is 1.70. The van der Waals surface area contributed by atoms with Crippen molar-refractivity contribution in [1.82, 2.24) is 9.97 Å². The maximum absolute atomic E-state index is 12.8. The van der Waals surface area contributed by atoms with E-state index in [1.165, 1.54) is 18.3 Å². The zero-order chi connectivity index (χ0) is 9.10. The Kier molecular flexibility index (Phi) is 2.00. The lowest BCUT2D eigenvalue weighted by Gasteiger charge is -1.98. The Hall–Kier alpha value is -1.77. The molecule has 2 aromatic heterocycles. The lowest BCUT2D eigenvalue weighted by molar-refractivity contribution is 0.626. The van der Waals surface area contributed by atoms with Gasteiger partial charge in [0, 0.05) is 30.2 Å². The Morgan fingerprint density at radius 2 is 1.77 bits per heavy atom. The molecule has 64 valence electrons. The van der Waals surface area contributed by atoms with Crippen LogP contribution < -0.4 is 0 Å². The molecule has 0 aliphatic heterocycles. The van der Waals surface area contributed by atoms with E-state index < -0.39 is 0 Å². The van der Waals surface area contributed by atoms with E-state index in [1.807, 2.05) is 0 Å². The van der Waals surface area contributed by atoms with Gasteiger partial charge in [-0.1, -0.05) is 0 Å². The Morgan fingerprint density at radius 1 is 1.00 bits per heavy atom. The molecule has 2 heterocycles. The lowest BCUT2D eigenvalue weighted by atomic mass is 10.2. The Labute approximate surface area is 75.1 Å². The number of rotatable bonds is 1. The summed E-state index contributed by atoms with van der Waals surface area (Å²) >= 11 is 0. The molecule has 0 aliphatic carbocycles. The van der Waals surface area contributed by atoms with Crippen LogP contribution in [0.15, 0.2) is 42.9 Å². The molecule has 0 fully saturated rings. The largest absolute Gasteiger partial charge is 0.265 e. The van der Waals surface area contributed by atoms with Gasteiger partial charge in [0.1, 0.15) is 5.82 Å². The van der Waals surface area contributed by atoms with Crippen molar-refractivity contribution in [2.45, 2.75) is 0 Å². The number of aromatic nitrogens is 2. The van der Waals surface area contributed by atoms with Gasteiger partial charge in [-0.25, -0.2) is 4.39 Å². The second-order valence-corrected chi connectivity index (χ2v) is 2.60. The van der Waals surface area contributed by atoms with E-state index in [0.717, 1.165) is 5.56 Å². The maximum Gasteiger partial charge on any atom is 0.126 e. The van der Waals surface area contributed by atoms with Crippen molar-refractivity contribution in [2.75, 3.05) is 0 Å². The van der Waals surface area contributed by atoms with Crippen LogP contribution in [0.3, 0.4) is 0 Å². The SMILES string of the molecule is Fc1ccnc(-c2ccncc2)c1. The fourth-order valence-electron chi connectivity index (χ4n) is 1.09. The van der Waals surface area contributed by atoms with Crippen LogP contribution in [0.2, 0.25) is 0 Å². The van der Waals surface area contributed by atoms with Gasteiger partial charge < -0.3 is 0 Å². The molecule has 2 aromatic rings. The van der Waals surface area contributed by atoms with E-state index in [0.29, 0.717) is 5.69 Å². The number of hydrogen-bond donors (Lipinski definition) is 0. The number of halogens is 1. The molecular formula is C10H7FN2. The van der Waals surface area contributed by atoms with Gasteiger partial charge in [0.15, 0.2) is 0 Å². The molecule has 0 atom stereocenters. The van der Waals surface area contributed by atoms with Gasteiger partial charge in [-0.2, -0.15) is 0 Å². The first-order valence-electron chi connectivity index (χ1n) is 3.88. The Bertz CT molecular complexity index is 401. The van der Waals surface area contributed by atoms with Crippen LogP contribution in [0.5, 0.6) is 0 Å². The molecule has 0 bridgehead atoms. The van der Waals surface area contributed by atoms with Crippen LogP contribution >= 0.6 is 0 Å². The van der Waals surface area contributed by atoms with E-state index in [2.05, 4.69) is 9.97 Å². The fourth-order valence-corrected chi connectivity index (χ4v) is 1.09. The zero-order valence-electron chi connectivity index (χ0n) is 6.81. The van der Waals surface area contributed by atoms with Gasteiger partial charge in [0.05, 0.1) is 5.69 Å². The average Bonchev–Trinajstić information content (AvgIpc) is 2.19. The molecule has 13 heavy (non-hydrogen) atoms. The third kappa shape index (κ3) is 1.69. The minimum absolute atomic E-state index is 0.276. The average molecular weight is 174 g/mol. The topological polar surface area (TPSA) is 25.8 Å². The first-order valence-corrected chi connectivity index (χ1v) is 3.88. The molecule has 0 aliphatic rings. The van der Waals surface area contributed by atoms with Gasteiger partial charge >= 0.3 is 0 Å². The minimum atomic E-state index is -0.276.